The maximum atomic E-state index is 12.8. The number of rotatable bonds is 6. The van der Waals surface area contributed by atoms with E-state index in [4.69, 9.17) is 8.83 Å². The van der Waals surface area contributed by atoms with Crippen LogP contribution in [0.25, 0.3) is 0 Å². The second-order valence-electron chi connectivity index (χ2n) is 5.61. The summed E-state index contributed by atoms with van der Waals surface area (Å²) in [5.41, 5.74) is 0.973. The Hall–Kier alpha value is -2.79. The summed E-state index contributed by atoms with van der Waals surface area (Å²) in [6.07, 6.45) is 0.598. The average Bonchev–Trinajstić information content (AvgIpc) is 3.26. The van der Waals surface area contributed by atoms with E-state index in [9.17, 15) is 9.90 Å². The molecular weight excluding hydrogens is 306 g/mol. The van der Waals surface area contributed by atoms with E-state index >= 15 is 0 Å². The second kappa shape index (κ2) is 7.19. The van der Waals surface area contributed by atoms with Crippen LogP contribution in [0.1, 0.15) is 33.7 Å². The van der Waals surface area contributed by atoms with Crippen LogP contribution in [0.15, 0.2) is 69.7 Å². The fourth-order valence-corrected chi connectivity index (χ4v) is 2.51. The number of aliphatic hydroxyl groups is 1. The molecule has 0 aliphatic carbocycles. The minimum atomic E-state index is -0.899. The van der Waals surface area contributed by atoms with Crippen LogP contribution in [0.4, 0.5) is 0 Å². The molecule has 0 spiro atoms. The molecule has 0 aliphatic rings. The predicted octanol–water partition coefficient (Wildman–Crippen LogP) is 3.56. The van der Waals surface area contributed by atoms with E-state index in [1.54, 1.807) is 36.1 Å². The number of carbonyl (C=O) groups excluding carboxylic acids is 1. The Labute approximate surface area is 140 Å². The minimum Gasteiger partial charge on any atom is -0.467 e. The fourth-order valence-electron chi connectivity index (χ4n) is 2.51. The number of aryl methyl sites for hydroxylation is 1. The van der Waals surface area contributed by atoms with Gasteiger partial charge in [0.1, 0.15) is 17.6 Å². The Morgan fingerprint density at radius 1 is 1.12 bits per heavy atom. The van der Waals surface area contributed by atoms with Crippen molar-refractivity contribution in [3.05, 3.63) is 83.7 Å². The highest BCUT2D eigenvalue weighted by Gasteiger charge is 2.23. The van der Waals surface area contributed by atoms with Gasteiger partial charge in [-0.3, -0.25) is 4.79 Å². The number of hydrogen-bond acceptors (Lipinski definition) is 4. The Morgan fingerprint density at radius 2 is 1.92 bits per heavy atom. The molecule has 0 fully saturated rings. The van der Waals surface area contributed by atoms with Gasteiger partial charge in [0.05, 0.1) is 12.8 Å². The summed E-state index contributed by atoms with van der Waals surface area (Å²) in [6, 6.07) is 16.4. The van der Waals surface area contributed by atoms with Crippen LogP contribution in [0.5, 0.6) is 0 Å². The SMILES string of the molecule is Cc1ccc(C(=O)N(Cc2ccccc2)CC(O)c2ccco2)o1. The maximum Gasteiger partial charge on any atom is 0.289 e. The van der Waals surface area contributed by atoms with Gasteiger partial charge in [0.2, 0.25) is 0 Å². The highest BCUT2D eigenvalue weighted by atomic mass is 16.4. The van der Waals surface area contributed by atoms with Gasteiger partial charge < -0.3 is 18.8 Å². The number of amides is 1. The van der Waals surface area contributed by atoms with Crippen molar-refractivity contribution in [3.8, 4) is 0 Å². The first-order valence-electron chi connectivity index (χ1n) is 7.74. The number of aliphatic hydroxyl groups excluding tert-OH is 1. The van der Waals surface area contributed by atoms with Crippen molar-refractivity contribution in [2.45, 2.75) is 19.6 Å². The Bertz CT molecular complexity index is 777. The van der Waals surface area contributed by atoms with Crippen molar-refractivity contribution < 1.29 is 18.7 Å². The molecule has 0 saturated heterocycles. The topological polar surface area (TPSA) is 66.8 Å². The molecule has 1 unspecified atom stereocenters. The lowest BCUT2D eigenvalue weighted by molar-refractivity contribution is 0.0534. The van der Waals surface area contributed by atoms with Gasteiger partial charge in [-0.05, 0) is 36.8 Å². The zero-order valence-electron chi connectivity index (χ0n) is 13.4. The lowest BCUT2D eigenvalue weighted by atomic mass is 10.2. The van der Waals surface area contributed by atoms with Crippen LogP contribution in [-0.2, 0) is 6.54 Å². The summed E-state index contributed by atoms with van der Waals surface area (Å²) >= 11 is 0. The molecule has 0 aliphatic heterocycles. The van der Waals surface area contributed by atoms with E-state index in [1.165, 1.54) is 6.26 Å². The summed E-state index contributed by atoms with van der Waals surface area (Å²) in [7, 11) is 0. The first-order valence-corrected chi connectivity index (χ1v) is 7.74. The second-order valence-corrected chi connectivity index (χ2v) is 5.61. The Balaban J connectivity index is 1.81. The van der Waals surface area contributed by atoms with E-state index in [2.05, 4.69) is 0 Å². The molecule has 3 rings (SSSR count). The third-order valence-corrected chi connectivity index (χ3v) is 3.72. The molecule has 1 amide bonds. The first kappa shape index (κ1) is 16.1. The molecule has 1 aromatic carbocycles. The van der Waals surface area contributed by atoms with Crippen molar-refractivity contribution in [1.82, 2.24) is 4.90 Å². The number of furan rings is 2. The van der Waals surface area contributed by atoms with Crippen LogP contribution in [-0.4, -0.2) is 22.5 Å². The van der Waals surface area contributed by atoms with Crippen LogP contribution < -0.4 is 0 Å². The molecule has 2 aromatic heterocycles. The van der Waals surface area contributed by atoms with Crippen molar-refractivity contribution >= 4 is 5.91 Å². The van der Waals surface area contributed by atoms with Gasteiger partial charge in [0.25, 0.3) is 5.91 Å². The van der Waals surface area contributed by atoms with Crippen molar-refractivity contribution in [2.75, 3.05) is 6.54 Å². The van der Waals surface area contributed by atoms with Crippen molar-refractivity contribution in [1.29, 1.82) is 0 Å². The molecule has 1 N–H and O–H groups in total. The van der Waals surface area contributed by atoms with E-state index in [0.29, 0.717) is 18.1 Å². The van der Waals surface area contributed by atoms with E-state index in [-0.39, 0.29) is 18.2 Å². The monoisotopic (exact) mass is 325 g/mol. The van der Waals surface area contributed by atoms with Crippen molar-refractivity contribution in [3.63, 3.8) is 0 Å². The van der Waals surface area contributed by atoms with Crippen LogP contribution in [0, 0.1) is 6.92 Å². The summed E-state index contributed by atoms with van der Waals surface area (Å²) in [6.45, 7) is 2.27. The van der Waals surface area contributed by atoms with E-state index in [1.807, 2.05) is 30.3 Å². The molecule has 1 atom stereocenters. The van der Waals surface area contributed by atoms with E-state index in [0.717, 1.165) is 5.56 Å². The first-order chi connectivity index (χ1) is 11.6. The molecule has 5 nitrogen and oxygen atoms in total. The van der Waals surface area contributed by atoms with Gasteiger partial charge in [0.15, 0.2) is 5.76 Å². The molecule has 24 heavy (non-hydrogen) atoms. The molecular formula is C19H19NO4. The van der Waals surface area contributed by atoms with E-state index < -0.39 is 6.10 Å². The van der Waals surface area contributed by atoms with Gasteiger partial charge >= 0.3 is 0 Å². The Morgan fingerprint density at radius 3 is 2.54 bits per heavy atom. The normalized spacial score (nSPS) is 12.1. The van der Waals surface area contributed by atoms with Crippen LogP contribution in [0.2, 0.25) is 0 Å². The summed E-state index contributed by atoms with van der Waals surface area (Å²) in [5, 5.41) is 10.3. The predicted molar refractivity (Wildman–Crippen MR) is 88.3 cm³/mol. The summed E-state index contributed by atoms with van der Waals surface area (Å²) in [5.74, 6) is 1.09. The number of benzene rings is 1. The minimum absolute atomic E-state index is 0.112. The lowest BCUT2D eigenvalue weighted by Crippen LogP contribution is -2.34. The Kier molecular flexibility index (Phi) is 4.82. The number of nitrogens with zero attached hydrogens (tertiary/aromatic N) is 1. The summed E-state index contributed by atoms with van der Waals surface area (Å²) < 4.78 is 10.7. The largest absolute Gasteiger partial charge is 0.467 e. The smallest absolute Gasteiger partial charge is 0.289 e. The number of hydrogen-bond donors (Lipinski definition) is 1. The molecule has 2 heterocycles. The van der Waals surface area contributed by atoms with Crippen molar-refractivity contribution in [2.24, 2.45) is 0 Å². The van der Waals surface area contributed by atoms with Gasteiger partial charge in [-0.15, -0.1) is 0 Å². The molecule has 3 aromatic rings. The zero-order valence-corrected chi connectivity index (χ0v) is 13.4. The molecule has 0 radical (unpaired) electrons. The highest BCUT2D eigenvalue weighted by Crippen LogP contribution is 2.19. The maximum absolute atomic E-state index is 12.8. The van der Waals surface area contributed by atoms with Crippen LogP contribution in [0.3, 0.4) is 0 Å². The standard InChI is InChI=1S/C19H19NO4/c1-14-9-10-18(24-14)19(22)20(12-15-6-3-2-4-7-15)13-16(21)17-8-5-11-23-17/h2-11,16,21H,12-13H2,1H3. The highest BCUT2D eigenvalue weighted by molar-refractivity contribution is 5.91. The van der Waals surface area contributed by atoms with Crippen LogP contribution >= 0.6 is 0 Å². The lowest BCUT2D eigenvalue weighted by Gasteiger charge is -2.24. The van der Waals surface area contributed by atoms with Gasteiger partial charge in [-0.25, -0.2) is 0 Å². The quantitative estimate of drug-likeness (QED) is 0.752. The molecule has 0 saturated carbocycles. The van der Waals surface area contributed by atoms with Gasteiger partial charge in [-0.2, -0.15) is 0 Å². The summed E-state index contributed by atoms with van der Waals surface area (Å²) in [4.78, 5) is 14.3. The third-order valence-electron chi connectivity index (χ3n) is 3.72. The third kappa shape index (κ3) is 3.75. The average molecular weight is 325 g/mol. The zero-order chi connectivity index (χ0) is 16.9. The molecule has 124 valence electrons. The number of carbonyl (C=O) groups is 1. The fraction of sp³-hybridized carbons (Fsp3) is 0.211. The molecule has 0 bridgehead atoms. The van der Waals surface area contributed by atoms with Gasteiger partial charge in [-0.1, -0.05) is 30.3 Å². The molecule has 5 heteroatoms. The van der Waals surface area contributed by atoms with Gasteiger partial charge in [0, 0.05) is 6.54 Å².